The molecule has 1 aromatic heterocycles. The minimum atomic E-state index is -1.41. The van der Waals surface area contributed by atoms with Crippen molar-refractivity contribution < 1.29 is 23.5 Å². The summed E-state index contributed by atoms with van der Waals surface area (Å²) in [6, 6.07) is 7.03. The number of hydrogen-bond acceptors (Lipinski definition) is 6. The lowest BCUT2D eigenvalue weighted by molar-refractivity contribution is -0.156. The predicted molar refractivity (Wildman–Crippen MR) is 125 cm³/mol. The zero-order valence-electron chi connectivity index (χ0n) is 19.6. The number of benzene rings is 1. The predicted octanol–water partition coefficient (Wildman–Crippen LogP) is 3.19. The minimum absolute atomic E-state index is 0.103. The van der Waals surface area contributed by atoms with E-state index in [4.69, 9.17) is 16.3 Å². The number of carbonyl (C=O) groups excluding carboxylic acids is 3. The second-order valence-electron chi connectivity index (χ2n) is 8.75. The molecule has 1 heterocycles. The topological polar surface area (TPSA) is 107 Å². The Morgan fingerprint density at radius 1 is 1.21 bits per heavy atom. The maximum atomic E-state index is 13.1. The quantitative estimate of drug-likeness (QED) is 0.509. The summed E-state index contributed by atoms with van der Waals surface area (Å²) in [6.45, 7) is 5.40. The molecule has 0 aliphatic carbocycles. The lowest BCUT2D eigenvalue weighted by Crippen LogP contribution is -2.46. The third-order valence-electron chi connectivity index (χ3n) is 4.95. The van der Waals surface area contributed by atoms with Crippen LogP contribution in [-0.4, -0.2) is 45.8 Å². The second kappa shape index (κ2) is 11.9. The summed E-state index contributed by atoms with van der Waals surface area (Å²) in [5.74, 6) is -3.33. The number of aromatic nitrogens is 2. The summed E-state index contributed by atoms with van der Waals surface area (Å²) in [5, 5.41) is 6.97. The van der Waals surface area contributed by atoms with Gasteiger partial charge in [-0.3, -0.25) is 19.2 Å². The second-order valence-corrected chi connectivity index (χ2v) is 9.16. The van der Waals surface area contributed by atoms with Crippen molar-refractivity contribution in [2.45, 2.75) is 64.6 Å². The molecular weight excluding hydrogens is 465 g/mol. The van der Waals surface area contributed by atoms with Gasteiger partial charge in [0.05, 0.1) is 18.9 Å². The van der Waals surface area contributed by atoms with Crippen molar-refractivity contribution in [3.8, 4) is 0 Å². The van der Waals surface area contributed by atoms with Gasteiger partial charge in [-0.05, 0) is 44.9 Å². The molecule has 1 aromatic carbocycles. The first-order valence-corrected chi connectivity index (χ1v) is 11.2. The van der Waals surface area contributed by atoms with Crippen molar-refractivity contribution >= 4 is 29.3 Å². The van der Waals surface area contributed by atoms with E-state index in [1.165, 1.54) is 16.9 Å². The molecule has 0 saturated heterocycles. The van der Waals surface area contributed by atoms with Gasteiger partial charge in [0.2, 0.25) is 5.91 Å². The van der Waals surface area contributed by atoms with E-state index in [1.807, 2.05) is 0 Å². The number of esters is 1. The number of amides is 1. The zero-order valence-corrected chi connectivity index (χ0v) is 20.4. The van der Waals surface area contributed by atoms with Crippen LogP contribution >= 0.6 is 11.6 Å². The Bertz CT molecular complexity index is 1100. The molecule has 2 unspecified atom stereocenters. The monoisotopic (exact) mass is 493 g/mol. The fourth-order valence-electron chi connectivity index (χ4n) is 3.34. The number of ether oxygens (including phenoxy) is 1. The summed E-state index contributed by atoms with van der Waals surface area (Å²) < 4.78 is 19.5. The van der Waals surface area contributed by atoms with Crippen molar-refractivity contribution in [1.82, 2.24) is 15.1 Å². The summed E-state index contributed by atoms with van der Waals surface area (Å²) in [7, 11) is 0. The number of rotatable bonds is 10. The van der Waals surface area contributed by atoms with Crippen LogP contribution in [0.25, 0.3) is 0 Å². The maximum absolute atomic E-state index is 13.1. The molecule has 0 radical (unpaired) electrons. The molecule has 0 fully saturated rings. The Balaban J connectivity index is 2.26. The van der Waals surface area contributed by atoms with Crippen molar-refractivity contribution in [1.29, 1.82) is 0 Å². The molecule has 2 atom stereocenters. The van der Waals surface area contributed by atoms with Crippen LogP contribution in [-0.2, 0) is 25.7 Å². The fourth-order valence-corrected chi connectivity index (χ4v) is 3.54. The highest BCUT2D eigenvalue weighted by Crippen LogP contribution is 2.19. The van der Waals surface area contributed by atoms with Gasteiger partial charge >= 0.3 is 5.97 Å². The standard InChI is InChI=1S/C24H29ClFN3O5/c1-5-16(22(32)28-19(20(30)13-26)12-21(31)34-24(2,3)4)17-10-11-27-29(23(17)33)14-15-8-6-7-9-18(15)25/h6-11,16,19H,5,12-14H2,1-4H3,(H,28,32). The molecule has 0 aliphatic rings. The zero-order chi connectivity index (χ0) is 25.5. The van der Waals surface area contributed by atoms with E-state index >= 15 is 0 Å². The molecule has 1 amide bonds. The van der Waals surface area contributed by atoms with Crippen molar-refractivity contribution in [3.05, 3.63) is 63.0 Å². The van der Waals surface area contributed by atoms with Crippen LogP contribution in [0.4, 0.5) is 4.39 Å². The summed E-state index contributed by atoms with van der Waals surface area (Å²) in [5.41, 5.74) is -0.463. The van der Waals surface area contributed by atoms with Gasteiger partial charge in [0.15, 0.2) is 5.78 Å². The van der Waals surface area contributed by atoms with E-state index in [9.17, 15) is 23.6 Å². The number of carbonyl (C=O) groups is 3. The van der Waals surface area contributed by atoms with Crippen LogP contribution in [0.3, 0.4) is 0 Å². The van der Waals surface area contributed by atoms with E-state index in [1.54, 1.807) is 52.0 Å². The molecule has 184 valence electrons. The first kappa shape index (κ1) is 27.2. The lowest BCUT2D eigenvalue weighted by atomic mass is 9.96. The van der Waals surface area contributed by atoms with E-state index in [0.29, 0.717) is 10.6 Å². The molecular formula is C24H29ClFN3O5. The van der Waals surface area contributed by atoms with Crippen molar-refractivity contribution in [3.63, 3.8) is 0 Å². The molecule has 0 aliphatic heterocycles. The fraction of sp³-hybridized carbons (Fsp3) is 0.458. The maximum Gasteiger partial charge on any atom is 0.308 e. The van der Waals surface area contributed by atoms with Gasteiger partial charge < -0.3 is 10.1 Å². The molecule has 1 N–H and O–H groups in total. The van der Waals surface area contributed by atoms with E-state index in [-0.39, 0.29) is 18.5 Å². The smallest absolute Gasteiger partial charge is 0.308 e. The molecule has 10 heteroatoms. The molecule has 8 nitrogen and oxygen atoms in total. The third kappa shape index (κ3) is 7.48. The Hall–Kier alpha value is -3.07. The Morgan fingerprint density at radius 2 is 1.88 bits per heavy atom. The van der Waals surface area contributed by atoms with Gasteiger partial charge in [-0.1, -0.05) is 36.7 Å². The number of hydrogen-bond donors (Lipinski definition) is 1. The highest BCUT2D eigenvalue weighted by molar-refractivity contribution is 6.31. The number of ketones is 1. The van der Waals surface area contributed by atoms with Gasteiger partial charge in [-0.2, -0.15) is 5.10 Å². The first-order valence-electron chi connectivity index (χ1n) is 10.9. The van der Waals surface area contributed by atoms with Crippen LogP contribution < -0.4 is 10.9 Å². The van der Waals surface area contributed by atoms with Crippen LogP contribution in [0.1, 0.15) is 57.6 Å². The summed E-state index contributed by atoms with van der Waals surface area (Å²) in [6.07, 6.45) is 1.10. The van der Waals surface area contributed by atoms with Crippen molar-refractivity contribution in [2.24, 2.45) is 0 Å². The number of Topliss-reactive ketones (excluding diaryl/α,β-unsaturated/α-hetero) is 1. The largest absolute Gasteiger partial charge is 0.460 e. The molecule has 2 aromatic rings. The molecule has 0 saturated carbocycles. The van der Waals surface area contributed by atoms with Gasteiger partial charge in [-0.25, -0.2) is 9.07 Å². The van der Waals surface area contributed by atoms with Crippen LogP contribution in [0.2, 0.25) is 5.02 Å². The third-order valence-corrected chi connectivity index (χ3v) is 5.32. The number of alkyl halides is 1. The molecule has 34 heavy (non-hydrogen) atoms. The van der Waals surface area contributed by atoms with Gasteiger partial charge in [0, 0.05) is 16.8 Å². The normalized spacial score (nSPS) is 13.1. The van der Waals surface area contributed by atoms with Crippen LogP contribution in [0.15, 0.2) is 41.3 Å². The van der Waals surface area contributed by atoms with E-state index < -0.39 is 53.9 Å². The Morgan fingerprint density at radius 3 is 2.47 bits per heavy atom. The number of halogens is 2. The van der Waals surface area contributed by atoms with Gasteiger partial charge in [0.25, 0.3) is 5.56 Å². The average Bonchev–Trinajstić information content (AvgIpc) is 2.75. The highest BCUT2D eigenvalue weighted by Gasteiger charge is 2.30. The van der Waals surface area contributed by atoms with E-state index in [2.05, 4.69) is 10.4 Å². The Kier molecular flexibility index (Phi) is 9.49. The average molecular weight is 494 g/mol. The molecule has 0 bridgehead atoms. The number of nitrogens with zero attached hydrogens (tertiary/aromatic N) is 2. The number of nitrogens with one attached hydrogen (secondary N) is 1. The summed E-state index contributed by atoms with van der Waals surface area (Å²) >= 11 is 6.18. The lowest BCUT2D eigenvalue weighted by Gasteiger charge is -2.23. The minimum Gasteiger partial charge on any atom is -0.460 e. The first-order chi connectivity index (χ1) is 16.0. The highest BCUT2D eigenvalue weighted by atomic mass is 35.5. The van der Waals surface area contributed by atoms with E-state index in [0.717, 1.165) is 0 Å². The van der Waals surface area contributed by atoms with Gasteiger partial charge in [-0.15, -0.1) is 0 Å². The molecule has 2 rings (SSSR count). The van der Waals surface area contributed by atoms with Crippen molar-refractivity contribution in [2.75, 3.05) is 6.67 Å². The van der Waals surface area contributed by atoms with Crippen LogP contribution in [0.5, 0.6) is 0 Å². The SMILES string of the molecule is CCC(C(=O)NC(CC(=O)OC(C)(C)C)C(=O)CF)c1ccnn(Cc2ccccc2Cl)c1=O. The summed E-state index contributed by atoms with van der Waals surface area (Å²) in [4.78, 5) is 50.3. The molecule has 0 spiro atoms. The van der Waals surface area contributed by atoms with Crippen LogP contribution in [0, 0.1) is 0 Å². The van der Waals surface area contributed by atoms with Gasteiger partial charge in [0.1, 0.15) is 18.3 Å². The Labute approximate surface area is 202 Å².